The van der Waals surface area contributed by atoms with Crippen LogP contribution in [0, 0.1) is 6.92 Å². The summed E-state index contributed by atoms with van der Waals surface area (Å²) in [4.78, 5) is 17.6. The number of aryl methyl sites for hydroxylation is 1. The lowest BCUT2D eigenvalue weighted by Crippen LogP contribution is -2.20. The van der Waals surface area contributed by atoms with Crippen molar-refractivity contribution < 1.29 is 9.53 Å². The smallest absolute Gasteiger partial charge is 0.281 e. The number of hydrogen-bond donors (Lipinski definition) is 0. The topological polar surface area (TPSA) is 43.6 Å². The van der Waals surface area contributed by atoms with Gasteiger partial charge in [-0.1, -0.05) is 47.2 Å². The molecule has 0 saturated carbocycles. The van der Waals surface area contributed by atoms with Crippen LogP contribution in [0.2, 0.25) is 5.02 Å². The predicted octanol–water partition coefficient (Wildman–Crippen LogP) is 4.44. The van der Waals surface area contributed by atoms with Crippen molar-refractivity contribution in [2.24, 2.45) is 4.99 Å². The molecular formula is C19H19ClN2O2S. The van der Waals surface area contributed by atoms with E-state index in [1.807, 2.05) is 19.1 Å². The van der Waals surface area contributed by atoms with Crippen LogP contribution in [0.4, 0.5) is 0 Å². The average Bonchev–Trinajstić information content (AvgIpc) is 2.94. The molecule has 1 aromatic heterocycles. The first-order chi connectivity index (χ1) is 12.1. The molecule has 0 bridgehead atoms. The van der Waals surface area contributed by atoms with Crippen LogP contribution in [0.5, 0.6) is 0 Å². The summed E-state index contributed by atoms with van der Waals surface area (Å²) in [5.41, 5.74) is 2.66. The number of nitrogens with zero attached hydrogens (tertiary/aromatic N) is 2. The van der Waals surface area contributed by atoms with E-state index in [0.29, 0.717) is 35.1 Å². The third kappa shape index (κ3) is 3.84. The van der Waals surface area contributed by atoms with E-state index in [9.17, 15) is 4.79 Å². The minimum atomic E-state index is -0.333. The number of para-hydroxylation sites is 1. The van der Waals surface area contributed by atoms with Gasteiger partial charge in [0.25, 0.3) is 5.91 Å². The first-order valence-corrected chi connectivity index (χ1v) is 9.31. The fourth-order valence-electron chi connectivity index (χ4n) is 2.68. The molecule has 0 unspecified atom stereocenters. The van der Waals surface area contributed by atoms with Crippen molar-refractivity contribution in [2.45, 2.75) is 20.4 Å². The van der Waals surface area contributed by atoms with Gasteiger partial charge in [0.15, 0.2) is 4.80 Å². The molecule has 1 amide bonds. The molecule has 1 heterocycles. The van der Waals surface area contributed by atoms with Crippen molar-refractivity contribution in [3.05, 3.63) is 63.4 Å². The van der Waals surface area contributed by atoms with Gasteiger partial charge in [0.1, 0.15) is 0 Å². The number of halogens is 1. The number of rotatable bonds is 5. The molecule has 3 rings (SSSR count). The van der Waals surface area contributed by atoms with Gasteiger partial charge < -0.3 is 9.30 Å². The summed E-state index contributed by atoms with van der Waals surface area (Å²) >= 11 is 7.63. The number of thiazole rings is 1. The van der Waals surface area contributed by atoms with Crippen LogP contribution >= 0.6 is 22.9 Å². The molecule has 0 radical (unpaired) electrons. The summed E-state index contributed by atoms with van der Waals surface area (Å²) in [6.45, 7) is 5.91. The van der Waals surface area contributed by atoms with E-state index in [1.54, 1.807) is 24.3 Å². The van der Waals surface area contributed by atoms with Crippen LogP contribution in [0.1, 0.15) is 22.8 Å². The molecule has 0 atom stereocenters. The number of fused-ring (bicyclic) bond motifs is 1. The number of amides is 1. The van der Waals surface area contributed by atoms with Crippen LogP contribution in [0.15, 0.2) is 47.5 Å². The third-order valence-corrected chi connectivity index (χ3v) is 5.24. The van der Waals surface area contributed by atoms with Gasteiger partial charge >= 0.3 is 0 Å². The van der Waals surface area contributed by atoms with Gasteiger partial charge in [-0.2, -0.15) is 4.99 Å². The highest BCUT2D eigenvalue weighted by molar-refractivity contribution is 7.16. The molecule has 0 aliphatic rings. The first kappa shape index (κ1) is 17.9. The van der Waals surface area contributed by atoms with E-state index < -0.39 is 0 Å². The second-order valence-corrected chi connectivity index (χ2v) is 6.97. The summed E-state index contributed by atoms with van der Waals surface area (Å²) in [5.74, 6) is -0.333. The van der Waals surface area contributed by atoms with Crippen molar-refractivity contribution in [1.82, 2.24) is 4.57 Å². The predicted molar refractivity (Wildman–Crippen MR) is 102 cm³/mol. The summed E-state index contributed by atoms with van der Waals surface area (Å²) < 4.78 is 8.65. The lowest BCUT2D eigenvalue weighted by atomic mass is 10.2. The number of aromatic nitrogens is 1. The molecule has 3 aromatic rings. The zero-order chi connectivity index (χ0) is 17.8. The quantitative estimate of drug-likeness (QED) is 0.619. The van der Waals surface area contributed by atoms with Crippen molar-refractivity contribution in [2.75, 3.05) is 13.2 Å². The summed E-state index contributed by atoms with van der Waals surface area (Å²) in [6, 6.07) is 13.1. The van der Waals surface area contributed by atoms with Gasteiger partial charge in [-0.05, 0) is 37.6 Å². The fraction of sp³-hybridized carbons (Fsp3) is 0.263. The molecule has 4 nitrogen and oxygen atoms in total. The van der Waals surface area contributed by atoms with Gasteiger partial charge in [-0.25, -0.2) is 0 Å². The summed E-state index contributed by atoms with van der Waals surface area (Å²) in [6.07, 6.45) is 0. The van der Waals surface area contributed by atoms with Gasteiger partial charge in [0, 0.05) is 13.2 Å². The van der Waals surface area contributed by atoms with Crippen LogP contribution in [0.3, 0.4) is 0 Å². The summed E-state index contributed by atoms with van der Waals surface area (Å²) in [7, 11) is 0. The molecular weight excluding hydrogens is 356 g/mol. The maximum absolute atomic E-state index is 12.6. The molecule has 0 fully saturated rings. The monoisotopic (exact) mass is 374 g/mol. The normalized spacial score (nSPS) is 12.0. The lowest BCUT2D eigenvalue weighted by Gasteiger charge is -2.07. The zero-order valence-electron chi connectivity index (χ0n) is 14.2. The third-order valence-electron chi connectivity index (χ3n) is 3.87. The number of benzene rings is 2. The van der Waals surface area contributed by atoms with Crippen LogP contribution in [-0.4, -0.2) is 23.7 Å². The SMILES string of the molecule is CCOCCn1c(=NC(=O)c2ccccc2Cl)sc2cccc(C)c21. The van der Waals surface area contributed by atoms with E-state index in [0.717, 1.165) is 15.8 Å². The van der Waals surface area contributed by atoms with Crippen LogP contribution in [-0.2, 0) is 11.3 Å². The Labute approximate surface area is 155 Å². The molecule has 0 saturated heterocycles. The van der Waals surface area contributed by atoms with Crippen molar-refractivity contribution in [3.8, 4) is 0 Å². The van der Waals surface area contributed by atoms with Crippen LogP contribution < -0.4 is 4.80 Å². The van der Waals surface area contributed by atoms with Crippen LogP contribution in [0.25, 0.3) is 10.2 Å². The number of carbonyl (C=O) groups is 1. The molecule has 0 N–H and O–H groups in total. The van der Waals surface area contributed by atoms with E-state index in [1.165, 1.54) is 11.3 Å². The van der Waals surface area contributed by atoms with Gasteiger partial charge in [0.05, 0.1) is 27.4 Å². The number of hydrogen-bond acceptors (Lipinski definition) is 3. The largest absolute Gasteiger partial charge is 0.380 e. The molecule has 0 spiro atoms. The first-order valence-electron chi connectivity index (χ1n) is 8.12. The Hall–Kier alpha value is -1.95. The average molecular weight is 375 g/mol. The highest BCUT2D eigenvalue weighted by Crippen LogP contribution is 2.21. The lowest BCUT2D eigenvalue weighted by molar-refractivity contribution is 0.0997. The molecule has 6 heteroatoms. The van der Waals surface area contributed by atoms with Crippen molar-refractivity contribution >= 4 is 39.1 Å². The second-order valence-electron chi connectivity index (χ2n) is 5.55. The number of ether oxygens (including phenoxy) is 1. The van der Waals surface area contributed by atoms with E-state index in [4.69, 9.17) is 16.3 Å². The molecule has 130 valence electrons. The Kier molecular flexibility index (Phi) is 5.68. The van der Waals surface area contributed by atoms with E-state index >= 15 is 0 Å². The molecule has 25 heavy (non-hydrogen) atoms. The Bertz CT molecular complexity index is 975. The van der Waals surface area contributed by atoms with Crippen molar-refractivity contribution in [1.29, 1.82) is 0 Å². The fourth-order valence-corrected chi connectivity index (χ4v) is 4.03. The second kappa shape index (κ2) is 7.95. The maximum Gasteiger partial charge on any atom is 0.281 e. The Balaban J connectivity index is 2.11. The van der Waals surface area contributed by atoms with Gasteiger partial charge in [-0.15, -0.1) is 0 Å². The maximum atomic E-state index is 12.6. The Morgan fingerprint density at radius 3 is 2.80 bits per heavy atom. The Morgan fingerprint density at radius 2 is 2.04 bits per heavy atom. The van der Waals surface area contributed by atoms with Crippen molar-refractivity contribution in [3.63, 3.8) is 0 Å². The summed E-state index contributed by atoms with van der Waals surface area (Å²) in [5, 5.41) is 0.411. The standard InChI is InChI=1S/C19H19ClN2O2S/c1-3-24-12-11-22-17-13(2)7-6-10-16(17)25-19(22)21-18(23)14-8-4-5-9-15(14)20/h4-10H,3,11-12H2,1-2H3. The van der Waals surface area contributed by atoms with E-state index in [-0.39, 0.29) is 5.91 Å². The molecule has 0 aliphatic carbocycles. The molecule has 2 aromatic carbocycles. The van der Waals surface area contributed by atoms with Gasteiger partial charge in [-0.3, -0.25) is 4.79 Å². The van der Waals surface area contributed by atoms with Gasteiger partial charge in [0.2, 0.25) is 0 Å². The number of carbonyl (C=O) groups excluding carboxylic acids is 1. The minimum absolute atomic E-state index is 0.333. The highest BCUT2D eigenvalue weighted by atomic mass is 35.5. The zero-order valence-corrected chi connectivity index (χ0v) is 15.7. The minimum Gasteiger partial charge on any atom is -0.380 e. The highest BCUT2D eigenvalue weighted by Gasteiger charge is 2.12. The van der Waals surface area contributed by atoms with E-state index in [2.05, 4.69) is 22.5 Å². The molecule has 0 aliphatic heterocycles. The Morgan fingerprint density at radius 1 is 1.24 bits per heavy atom.